The van der Waals surface area contributed by atoms with Crippen LogP contribution in [0.25, 0.3) is 0 Å². The number of hydrogen-bond donors (Lipinski definition) is 0. The van der Waals surface area contributed by atoms with Gasteiger partial charge < -0.3 is 14.2 Å². The zero-order valence-corrected chi connectivity index (χ0v) is 20.4. The van der Waals surface area contributed by atoms with Gasteiger partial charge >= 0.3 is 11.9 Å². The smallest absolute Gasteiger partial charge is 0.416 e. The molecule has 0 unspecified atom stereocenters. The lowest BCUT2D eigenvalue weighted by Crippen LogP contribution is -2.06. The lowest BCUT2D eigenvalue weighted by atomic mass is 10.1. The van der Waals surface area contributed by atoms with E-state index in [-0.39, 0.29) is 16.5 Å². The summed E-state index contributed by atoms with van der Waals surface area (Å²) in [6.45, 7) is 0. The molecule has 0 aromatic heterocycles. The maximum absolute atomic E-state index is 13.0. The van der Waals surface area contributed by atoms with E-state index in [1.165, 1.54) is 25.5 Å². The minimum Gasteiger partial charge on any atom is -0.493 e. The number of para-hydroxylation sites is 1. The van der Waals surface area contributed by atoms with Crippen LogP contribution in [-0.2, 0) is 6.18 Å². The topological polar surface area (TPSA) is 83.2 Å². The molecule has 38 heavy (non-hydrogen) atoms. The molecule has 4 rings (SSSR count). The molecule has 0 saturated heterocycles. The van der Waals surface area contributed by atoms with Gasteiger partial charge in [-0.05, 0) is 66.2 Å². The molecule has 0 spiro atoms. The fourth-order valence-electron chi connectivity index (χ4n) is 3.32. The van der Waals surface area contributed by atoms with Crippen molar-refractivity contribution in [3.05, 3.63) is 111 Å². The van der Waals surface area contributed by atoms with Gasteiger partial charge in [-0.25, -0.2) is 0 Å². The highest BCUT2D eigenvalue weighted by molar-refractivity contribution is 6.32. The molecule has 0 amide bonds. The molecule has 0 heterocycles. The van der Waals surface area contributed by atoms with Crippen LogP contribution < -0.4 is 14.2 Å². The van der Waals surface area contributed by atoms with Crippen molar-refractivity contribution in [1.82, 2.24) is 0 Å². The quantitative estimate of drug-likeness (QED) is 0.126. The van der Waals surface area contributed by atoms with Gasteiger partial charge in [0.25, 0.3) is 0 Å². The van der Waals surface area contributed by atoms with Gasteiger partial charge in [-0.15, -0.1) is 0 Å². The Labute approximate surface area is 219 Å². The molecule has 0 N–H and O–H groups in total. The number of methoxy groups -OCH3 is 1. The summed E-state index contributed by atoms with van der Waals surface area (Å²) in [4.78, 5) is 14.8. The predicted molar refractivity (Wildman–Crippen MR) is 136 cm³/mol. The Kier molecular flexibility index (Phi) is 7.82. The molecule has 11 heteroatoms. The average Bonchev–Trinajstić information content (AvgIpc) is 2.89. The van der Waals surface area contributed by atoms with Crippen LogP contribution in [-0.4, -0.2) is 18.2 Å². The first-order valence-electron chi connectivity index (χ1n) is 10.9. The van der Waals surface area contributed by atoms with Gasteiger partial charge in [-0.3, -0.25) is 15.1 Å². The van der Waals surface area contributed by atoms with Crippen LogP contribution >= 0.6 is 11.6 Å². The molecular weight excluding hydrogens is 525 g/mol. The predicted octanol–water partition coefficient (Wildman–Crippen LogP) is 8.61. The number of aliphatic imine (C=N–C) groups is 1. The van der Waals surface area contributed by atoms with Gasteiger partial charge in [0.1, 0.15) is 11.5 Å². The number of benzene rings is 4. The lowest BCUT2D eigenvalue weighted by molar-refractivity contribution is -0.385. The number of nitro groups is 1. The summed E-state index contributed by atoms with van der Waals surface area (Å²) in [5.41, 5.74) is -0.906. The SMILES string of the molecule is COc1cc(C=Nc2ccc(Oc3ccccc3)cc2)cc(Cl)c1Oc1ccc(C(F)(F)F)cc1[N+](=O)[O-]. The first-order valence-corrected chi connectivity index (χ1v) is 11.3. The van der Waals surface area contributed by atoms with Gasteiger partial charge in [0, 0.05) is 12.3 Å². The van der Waals surface area contributed by atoms with Crippen molar-refractivity contribution in [3.63, 3.8) is 0 Å². The van der Waals surface area contributed by atoms with Crippen LogP contribution in [0.4, 0.5) is 24.5 Å². The zero-order chi connectivity index (χ0) is 27.3. The number of rotatable bonds is 8. The second-order valence-electron chi connectivity index (χ2n) is 7.74. The summed E-state index contributed by atoms with van der Waals surface area (Å²) in [6.07, 6.45) is -3.24. The third-order valence-electron chi connectivity index (χ3n) is 5.13. The normalized spacial score (nSPS) is 11.4. The fourth-order valence-corrected chi connectivity index (χ4v) is 3.58. The molecule has 4 aromatic rings. The summed E-state index contributed by atoms with van der Waals surface area (Å²) >= 11 is 6.35. The Bertz CT molecular complexity index is 1480. The maximum atomic E-state index is 13.0. The van der Waals surface area contributed by atoms with Gasteiger partial charge in [0.15, 0.2) is 11.5 Å². The van der Waals surface area contributed by atoms with E-state index in [2.05, 4.69) is 4.99 Å². The molecule has 4 aromatic carbocycles. The summed E-state index contributed by atoms with van der Waals surface area (Å²) in [7, 11) is 1.33. The molecule has 0 aliphatic heterocycles. The Morgan fingerprint density at radius 2 is 1.58 bits per heavy atom. The fraction of sp³-hybridized carbons (Fsp3) is 0.0741. The Hall–Kier alpha value is -4.57. The first kappa shape index (κ1) is 26.5. The van der Waals surface area contributed by atoms with Gasteiger partial charge in [-0.1, -0.05) is 29.8 Å². The van der Waals surface area contributed by atoms with Crippen molar-refractivity contribution in [3.8, 4) is 28.7 Å². The first-order chi connectivity index (χ1) is 18.1. The summed E-state index contributed by atoms with van der Waals surface area (Å²) in [6, 6.07) is 21.3. The zero-order valence-electron chi connectivity index (χ0n) is 19.6. The van der Waals surface area contributed by atoms with E-state index in [9.17, 15) is 23.3 Å². The summed E-state index contributed by atoms with van der Waals surface area (Å²) in [5.74, 6) is 0.909. The van der Waals surface area contributed by atoms with Crippen molar-refractivity contribution in [2.45, 2.75) is 6.18 Å². The lowest BCUT2D eigenvalue weighted by Gasteiger charge is -2.14. The second kappa shape index (κ2) is 11.2. The van der Waals surface area contributed by atoms with E-state index in [0.717, 1.165) is 6.07 Å². The van der Waals surface area contributed by atoms with Gasteiger partial charge in [-0.2, -0.15) is 13.2 Å². The number of hydrogen-bond acceptors (Lipinski definition) is 6. The van der Waals surface area contributed by atoms with Crippen LogP contribution in [0.1, 0.15) is 11.1 Å². The van der Waals surface area contributed by atoms with Crippen LogP contribution in [0, 0.1) is 10.1 Å². The van der Waals surface area contributed by atoms with E-state index >= 15 is 0 Å². The monoisotopic (exact) mass is 542 g/mol. The molecular formula is C27H18ClF3N2O5. The number of ether oxygens (including phenoxy) is 3. The van der Waals surface area contributed by atoms with Crippen LogP contribution in [0.5, 0.6) is 28.7 Å². The second-order valence-corrected chi connectivity index (χ2v) is 8.15. The minimum absolute atomic E-state index is 0.00612. The molecule has 7 nitrogen and oxygen atoms in total. The minimum atomic E-state index is -4.76. The van der Waals surface area contributed by atoms with Crippen molar-refractivity contribution in [2.75, 3.05) is 7.11 Å². The van der Waals surface area contributed by atoms with Gasteiger partial charge in [0.05, 0.1) is 28.3 Å². The van der Waals surface area contributed by atoms with E-state index in [1.807, 2.05) is 30.3 Å². The number of alkyl halides is 3. The van der Waals surface area contributed by atoms with E-state index in [0.29, 0.717) is 34.9 Å². The highest BCUT2D eigenvalue weighted by atomic mass is 35.5. The number of halogens is 4. The molecule has 0 fully saturated rings. The number of nitro benzene ring substituents is 1. The highest BCUT2D eigenvalue weighted by Crippen LogP contribution is 2.43. The Morgan fingerprint density at radius 1 is 0.895 bits per heavy atom. The van der Waals surface area contributed by atoms with Crippen molar-refractivity contribution >= 4 is 29.2 Å². The Balaban J connectivity index is 1.55. The van der Waals surface area contributed by atoms with Crippen LogP contribution in [0.3, 0.4) is 0 Å². The van der Waals surface area contributed by atoms with E-state index < -0.39 is 28.1 Å². The standard InChI is InChI=1S/C27H18ClF3N2O5/c1-36-25-14-17(16-32-19-8-10-21(11-9-19)37-20-5-3-2-4-6-20)13-22(28)26(25)38-24-12-7-18(27(29,30)31)15-23(24)33(34)35/h2-16H,1H3. The van der Waals surface area contributed by atoms with Crippen LogP contribution in [0.15, 0.2) is 89.9 Å². The molecule has 0 aliphatic rings. The molecule has 0 aliphatic carbocycles. The molecule has 0 radical (unpaired) electrons. The van der Waals surface area contributed by atoms with Crippen molar-refractivity contribution < 1.29 is 32.3 Å². The Morgan fingerprint density at radius 3 is 2.21 bits per heavy atom. The number of nitrogens with zero attached hydrogens (tertiary/aromatic N) is 2. The largest absolute Gasteiger partial charge is 0.493 e. The highest BCUT2D eigenvalue weighted by Gasteiger charge is 2.33. The van der Waals surface area contributed by atoms with Crippen LogP contribution in [0.2, 0.25) is 5.02 Å². The van der Waals surface area contributed by atoms with E-state index in [4.69, 9.17) is 25.8 Å². The summed E-state index contributed by atoms with van der Waals surface area (Å²) in [5, 5.41) is 11.4. The molecule has 0 bridgehead atoms. The average molecular weight is 543 g/mol. The summed E-state index contributed by atoms with van der Waals surface area (Å²) < 4.78 is 55.6. The molecule has 194 valence electrons. The molecule has 0 atom stereocenters. The van der Waals surface area contributed by atoms with E-state index in [1.54, 1.807) is 24.3 Å². The van der Waals surface area contributed by atoms with Gasteiger partial charge in [0.2, 0.25) is 5.75 Å². The third-order valence-corrected chi connectivity index (χ3v) is 5.41. The van der Waals surface area contributed by atoms with Crippen molar-refractivity contribution in [2.24, 2.45) is 4.99 Å². The maximum Gasteiger partial charge on any atom is 0.416 e. The molecule has 0 saturated carbocycles. The third kappa shape index (κ3) is 6.40. The van der Waals surface area contributed by atoms with Crippen molar-refractivity contribution in [1.29, 1.82) is 0 Å².